The van der Waals surface area contributed by atoms with Gasteiger partial charge >= 0.3 is 0 Å². The summed E-state index contributed by atoms with van der Waals surface area (Å²) in [6.07, 6.45) is 2.13. The van der Waals surface area contributed by atoms with Crippen LogP contribution >= 0.6 is 0 Å². The van der Waals surface area contributed by atoms with Crippen molar-refractivity contribution in [1.82, 2.24) is 4.98 Å². The molecule has 2 rings (SSSR count). The molecule has 0 radical (unpaired) electrons. The lowest BCUT2D eigenvalue weighted by Crippen LogP contribution is -2.16. The van der Waals surface area contributed by atoms with Gasteiger partial charge in [0.2, 0.25) is 10.0 Å². The third kappa shape index (κ3) is 3.79. The Bertz CT molecular complexity index is 622. The van der Waals surface area contributed by atoms with Crippen LogP contribution in [0.3, 0.4) is 0 Å². The minimum atomic E-state index is -3.25. The van der Waals surface area contributed by atoms with Gasteiger partial charge in [-0.05, 0) is 18.6 Å². The number of benzene rings is 1. The first-order valence-corrected chi connectivity index (χ1v) is 7.78. The Hall–Kier alpha value is -1.88. The number of pyridine rings is 1. The Morgan fingerprint density at radius 3 is 2.42 bits per heavy atom. The van der Waals surface area contributed by atoms with E-state index in [1.807, 2.05) is 37.3 Å². The molecule has 0 aliphatic rings. The molecule has 100 valence electrons. The van der Waals surface area contributed by atoms with E-state index < -0.39 is 10.0 Å². The van der Waals surface area contributed by atoms with E-state index in [0.29, 0.717) is 12.1 Å². The molecule has 1 heterocycles. The lowest BCUT2D eigenvalue weighted by atomic mass is 10.1. The fraction of sp³-hybridized carbons (Fsp3) is 0.214. The van der Waals surface area contributed by atoms with Gasteiger partial charge in [0.1, 0.15) is 0 Å². The molecule has 0 spiro atoms. The van der Waals surface area contributed by atoms with Crippen LogP contribution in [0.1, 0.15) is 13.3 Å². The molecule has 1 aromatic carbocycles. The van der Waals surface area contributed by atoms with Crippen molar-refractivity contribution in [2.24, 2.45) is 0 Å². The summed E-state index contributed by atoms with van der Waals surface area (Å²) in [5.74, 6) is 0.118. The van der Waals surface area contributed by atoms with Gasteiger partial charge in [-0.3, -0.25) is 9.71 Å². The summed E-state index contributed by atoms with van der Waals surface area (Å²) in [6, 6.07) is 13.3. The van der Waals surface area contributed by atoms with Crippen molar-refractivity contribution >= 4 is 15.7 Å². The molecule has 5 heteroatoms. The molecule has 0 atom stereocenters. The number of sulfonamides is 1. The van der Waals surface area contributed by atoms with Gasteiger partial charge in [0.25, 0.3) is 0 Å². The SMILES string of the molecule is CCCS(=O)(=O)Nc1ccc(-c2ccccc2)nc1. The highest BCUT2D eigenvalue weighted by Crippen LogP contribution is 2.18. The Balaban J connectivity index is 2.16. The molecule has 0 aliphatic heterocycles. The fourth-order valence-electron chi connectivity index (χ4n) is 1.73. The molecule has 0 unspecified atom stereocenters. The van der Waals surface area contributed by atoms with Crippen LogP contribution < -0.4 is 4.72 Å². The van der Waals surface area contributed by atoms with Crippen molar-refractivity contribution < 1.29 is 8.42 Å². The van der Waals surface area contributed by atoms with Gasteiger partial charge in [0.15, 0.2) is 0 Å². The summed E-state index contributed by atoms with van der Waals surface area (Å²) in [5, 5.41) is 0. The number of nitrogens with zero attached hydrogens (tertiary/aromatic N) is 1. The van der Waals surface area contributed by atoms with Crippen molar-refractivity contribution in [2.45, 2.75) is 13.3 Å². The third-order valence-corrected chi connectivity index (χ3v) is 4.07. The second kappa shape index (κ2) is 5.84. The summed E-state index contributed by atoms with van der Waals surface area (Å²) < 4.78 is 25.7. The number of aromatic nitrogens is 1. The summed E-state index contributed by atoms with van der Waals surface area (Å²) in [4.78, 5) is 4.27. The molecule has 0 aliphatic carbocycles. The molecule has 0 amide bonds. The van der Waals surface area contributed by atoms with Crippen LogP contribution in [0.2, 0.25) is 0 Å². The van der Waals surface area contributed by atoms with Gasteiger partial charge in [0.05, 0.1) is 23.3 Å². The molecule has 2 aromatic rings. The van der Waals surface area contributed by atoms with E-state index in [9.17, 15) is 8.42 Å². The van der Waals surface area contributed by atoms with E-state index in [1.165, 1.54) is 6.20 Å². The molecule has 0 fully saturated rings. The van der Waals surface area contributed by atoms with Crippen LogP contribution in [0.25, 0.3) is 11.3 Å². The maximum atomic E-state index is 11.6. The highest BCUT2D eigenvalue weighted by atomic mass is 32.2. The monoisotopic (exact) mass is 276 g/mol. The number of nitrogens with one attached hydrogen (secondary N) is 1. The van der Waals surface area contributed by atoms with Crippen molar-refractivity contribution in [3.05, 3.63) is 48.7 Å². The molecule has 0 saturated carbocycles. The fourth-order valence-corrected chi connectivity index (χ4v) is 2.85. The first-order valence-electron chi connectivity index (χ1n) is 6.13. The largest absolute Gasteiger partial charge is 0.282 e. The number of hydrogen-bond donors (Lipinski definition) is 1. The molecule has 4 nitrogen and oxygen atoms in total. The van der Waals surface area contributed by atoms with Gasteiger partial charge in [-0.15, -0.1) is 0 Å². The standard InChI is InChI=1S/C14H16N2O2S/c1-2-10-19(17,18)16-13-8-9-14(15-11-13)12-6-4-3-5-7-12/h3-9,11,16H,2,10H2,1H3. The minimum Gasteiger partial charge on any atom is -0.282 e. The van der Waals surface area contributed by atoms with Crippen molar-refractivity contribution in [3.63, 3.8) is 0 Å². The maximum Gasteiger partial charge on any atom is 0.232 e. The number of hydrogen-bond acceptors (Lipinski definition) is 3. The van der Waals surface area contributed by atoms with Gasteiger partial charge in [-0.1, -0.05) is 37.3 Å². The predicted molar refractivity (Wildman–Crippen MR) is 77.4 cm³/mol. The highest BCUT2D eigenvalue weighted by molar-refractivity contribution is 7.92. The minimum absolute atomic E-state index is 0.118. The van der Waals surface area contributed by atoms with Crippen LogP contribution in [0.4, 0.5) is 5.69 Å². The Kier molecular flexibility index (Phi) is 4.16. The zero-order valence-electron chi connectivity index (χ0n) is 10.7. The first kappa shape index (κ1) is 13.5. The lowest BCUT2D eigenvalue weighted by molar-refractivity contribution is 0.600. The average Bonchev–Trinajstić information content (AvgIpc) is 2.40. The van der Waals surface area contributed by atoms with E-state index in [4.69, 9.17) is 0 Å². The molecular weight excluding hydrogens is 260 g/mol. The van der Waals surface area contributed by atoms with E-state index in [1.54, 1.807) is 12.1 Å². The molecule has 19 heavy (non-hydrogen) atoms. The van der Waals surface area contributed by atoms with Gasteiger partial charge in [0, 0.05) is 5.56 Å². The van der Waals surface area contributed by atoms with Crippen molar-refractivity contribution in [1.29, 1.82) is 0 Å². The smallest absolute Gasteiger partial charge is 0.232 e. The highest BCUT2D eigenvalue weighted by Gasteiger charge is 2.08. The first-order chi connectivity index (χ1) is 9.11. The van der Waals surface area contributed by atoms with Crippen LogP contribution in [0.5, 0.6) is 0 Å². The van der Waals surface area contributed by atoms with Gasteiger partial charge in [-0.2, -0.15) is 0 Å². The van der Waals surface area contributed by atoms with Crippen LogP contribution in [0.15, 0.2) is 48.7 Å². The van der Waals surface area contributed by atoms with E-state index >= 15 is 0 Å². The van der Waals surface area contributed by atoms with E-state index in [0.717, 1.165) is 11.3 Å². The number of anilines is 1. The third-order valence-electron chi connectivity index (χ3n) is 2.58. The second-order valence-electron chi connectivity index (χ2n) is 4.22. The lowest BCUT2D eigenvalue weighted by Gasteiger charge is -2.07. The topological polar surface area (TPSA) is 59.1 Å². The maximum absolute atomic E-state index is 11.6. The molecule has 1 aromatic heterocycles. The van der Waals surface area contributed by atoms with Crippen molar-refractivity contribution in [2.75, 3.05) is 10.5 Å². The zero-order chi connectivity index (χ0) is 13.7. The molecular formula is C14H16N2O2S. The summed E-state index contributed by atoms with van der Waals surface area (Å²) in [6.45, 7) is 1.83. The predicted octanol–water partition coefficient (Wildman–Crippen LogP) is 2.90. The Morgan fingerprint density at radius 2 is 1.84 bits per heavy atom. The molecule has 0 saturated heterocycles. The van der Waals surface area contributed by atoms with Crippen LogP contribution in [-0.4, -0.2) is 19.2 Å². The zero-order valence-corrected chi connectivity index (χ0v) is 11.5. The summed E-state index contributed by atoms with van der Waals surface area (Å²) >= 11 is 0. The second-order valence-corrected chi connectivity index (χ2v) is 6.06. The van der Waals surface area contributed by atoms with Crippen molar-refractivity contribution in [3.8, 4) is 11.3 Å². The van der Waals surface area contributed by atoms with E-state index in [2.05, 4.69) is 9.71 Å². The number of rotatable bonds is 5. The average molecular weight is 276 g/mol. The normalized spacial score (nSPS) is 11.2. The Labute approximate surface area is 113 Å². The van der Waals surface area contributed by atoms with E-state index in [-0.39, 0.29) is 5.75 Å². The van der Waals surface area contributed by atoms with Crippen LogP contribution in [-0.2, 0) is 10.0 Å². The summed E-state index contributed by atoms with van der Waals surface area (Å²) in [7, 11) is -3.25. The molecule has 1 N–H and O–H groups in total. The van der Waals surface area contributed by atoms with Crippen LogP contribution in [0, 0.1) is 0 Å². The summed E-state index contributed by atoms with van der Waals surface area (Å²) in [5.41, 5.74) is 2.32. The molecule has 0 bridgehead atoms. The quantitative estimate of drug-likeness (QED) is 0.913. The van der Waals surface area contributed by atoms with Gasteiger partial charge in [-0.25, -0.2) is 8.42 Å². The Morgan fingerprint density at radius 1 is 1.11 bits per heavy atom. The van der Waals surface area contributed by atoms with Gasteiger partial charge < -0.3 is 0 Å².